The number of likely N-dealkylation sites (tertiary alicyclic amines) is 1. The Morgan fingerprint density at radius 1 is 1.04 bits per heavy atom. The SMILES string of the molecule is O=C(c1ccc(F)cc1)N1CCC(CCOc2cccc(F)c2)CC1. The number of halogens is 2. The van der Waals surface area contributed by atoms with Crippen molar-refractivity contribution in [3.63, 3.8) is 0 Å². The predicted molar refractivity (Wildman–Crippen MR) is 91.5 cm³/mol. The Hall–Kier alpha value is -2.43. The first-order valence-electron chi connectivity index (χ1n) is 8.55. The summed E-state index contributed by atoms with van der Waals surface area (Å²) in [5, 5.41) is 0. The minimum atomic E-state index is -0.339. The number of carbonyl (C=O) groups excluding carboxylic acids is 1. The molecule has 25 heavy (non-hydrogen) atoms. The maximum atomic E-state index is 13.1. The molecule has 1 aliphatic heterocycles. The summed E-state index contributed by atoms with van der Waals surface area (Å²) >= 11 is 0. The highest BCUT2D eigenvalue weighted by atomic mass is 19.1. The van der Waals surface area contributed by atoms with Gasteiger partial charge in [-0.05, 0) is 61.6 Å². The maximum Gasteiger partial charge on any atom is 0.253 e. The number of piperidine rings is 1. The molecule has 0 unspecified atom stereocenters. The summed E-state index contributed by atoms with van der Waals surface area (Å²) in [4.78, 5) is 14.2. The third kappa shape index (κ3) is 4.78. The summed E-state index contributed by atoms with van der Waals surface area (Å²) in [6, 6.07) is 11.8. The number of carbonyl (C=O) groups is 1. The predicted octanol–water partition coefficient (Wildman–Crippen LogP) is 4.29. The fraction of sp³-hybridized carbons (Fsp3) is 0.350. The first-order valence-corrected chi connectivity index (χ1v) is 8.55. The van der Waals surface area contributed by atoms with Crippen LogP contribution in [0.15, 0.2) is 48.5 Å². The van der Waals surface area contributed by atoms with E-state index < -0.39 is 0 Å². The molecule has 2 aromatic rings. The summed E-state index contributed by atoms with van der Waals surface area (Å²) in [6.45, 7) is 1.93. The van der Waals surface area contributed by atoms with Crippen LogP contribution >= 0.6 is 0 Å². The molecular formula is C20H21F2NO2. The van der Waals surface area contributed by atoms with Gasteiger partial charge in [-0.25, -0.2) is 8.78 Å². The molecular weight excluding hydrogens is 324 g/mol. The number of benzene rings is 2. The number of amides is 1. The van der Waals surface area contributed by atoms with Gasteiger partial charge in [0.05, 0.1) is 6.61 Å². The fourth-order valence-corrected chi connectivity index (χ4v) is 3.10. The van der Waals surface area contributed by atoms with E-state index in [0.29, 0.717) is 36.9 Å². The topological polar surface area (TPSA) is 29.5 Å². The number of nitrogens with zero attached hydrogens (tertiary/aromatic N) is 1. The van der Waals surface area contributed by atoms with Gasteiger partial charge in [0.25, 0.3) is 5.91 Å². The van der Waals surface area contributed by atoms with E-state index in [9.17, 15) is 13.6 Å². The van der Waals surface area contributed by atoms with E-state index in [4.69, 9.17) is 4.74 Å². The van der Waals surface area contributed by atoms with Crippen molar-refractivity contribution in [3.8, 4) is 5.75 Å². The number of hydrogen-bond donors (Lipinski definition) is 0. The van der Waals surface area contributed by atoms with Crippen LogP contribution in [0.1, 0.15) is 29.6 Å². The Morgan fingerprint density at radius 3 is 2.44 bits per heavy atom. The van der Waals surface area contributed by atoms with Crippen molar-refractivity contribution in [2.45, 2.75) is 19.3 Å². The maximum absolute atomic E-state index is 13.1. The minimum Gasteiger partial charge on any atom is -0.493 e. The summed E-state index contributed by atoms with van der Waals surface area (Å²) in [5.74, 6) is 0.350. The lowest BCUT2D eigenvalue weighted by molar-refractivity contribution is 0.0680. The highest BCUT2D eigenvalue weighted by Gasteiger charge is 2.23. The van der Waals surface area contributed by atoms with Gasteiger partial charge >= 0.3 is 0 Å². The van der Waals surface area contributed by atoms with Gasteiger partial charge in [-0.15, -0.1) is 0 Å². The normalized spacial score (nSPS) is 15.2. The van der Waals surface area contributed by atoms with Crippen LogP contribution in [0.2, 0.25) is 0 Å². The molecule has 5 heteroatoms. The molecule has 132 valence electrons. The average Bonchev–Trinajstić information content (AvgIpc) is 2.62. The molecule has 1 heterocycles. The quantitative estimate of drug-likeness (QED) is 0.809. The molecule has 0 saturated carbocycles. The van der Waals surface area contributed by atoms with Crippen LogP contribution in [0, 0.1) is 17.6 Å². The fourth-order valence-electron chi connectivity index (χ4n) is 3.10. The Bertz CT molecular complexity index is 710. The van der Waals surface area contributed by atoms with E-state index in [1.807, 2.05) is 4.90 Å². The molecule has 2 aromatic carbocycles. The van der Waals surface area contributed by atoms with Gasteiger partial charge in [-0.1, -0.05) is 6.07 Å². The Labute approximate surface area is 146 Å². The zero-order chi connectivity index (χ0) is 17.6. The second kappa shape index (κ2) is 8.10. The van der Waals surface area contributed by atoms with Crippen molar-refractivity contribution >= 4 is 5.91 Å². The average molecular weight is 345 g/mol. The van der Waals surface area contributed by atoms with Crippen LogP contribution in [-0.2, 0) is 0 Å². The largest absolute Gasteiger partial charge is 0.493 e. The molecule has 0 bridgehead atoms. The van der Waals surface area contributed by atoms with Crippen LogP contribution in [0.3, 0.4) is 0 Å². The van der Waals surface area contributed by atoms with E-state index in [-0.39, 0.29) is 17.5 Å². The van der Waals surface area contributed by atoms with Gasteiger partial charge in [0.1, 0.15) is 17.4 Å². The zero-order valence-corrected chi connectivity index (χ0v) is 14.0. The highest BCUT2D eigenvalue weighted by molar-refractivity contribution is 5.94. The van der Waals surface area contributed by atoms with E-state index >= 15 is 0 Å². The first-order chi connectivity index (χ1) is 12.1. The molecule has 1 saturated heterocycles. The van der Waals surface area contributed by atoms with Crippen molar-refractivity contribution in [2.24, 2.45) is 5.92 Å². The van der Waals surface area contributed by atoms with Gasteiger partial charge < -0.3 is 9.64 Å². The second-order valence-corrected chi connectivity index (χ2v) is 6.34. The van der Waals surface area contributed by atoms with Crippen LogP contribution in [0.4, 0.5) is 8.78 Å². The molecule has 1 fully saturated rings. The second-order valence-electron chi connectivity index (χ2n) is 6.34. The third-order valence-electron chi connectivity index (χ3n) is 4.58. The van der Waals surface area contributed by atoms with E-state index in [1.165, 1.54) is 36.4 Å². The lowest BCUT2D eigenvalue weighted by Crippen LogP contribution is -2.38. The smallest absolute Gasteiger partial charge is 0.253 e. The Balaban J connectivity index is 1.42. The summed E-state index contributed by atoms with van der Waals surface area (Å²) in [7, 11) is 0. The van der Waals surface area contributed by atoms with Crippen molar-refractivity contribution in [2.75, 3.05) is 19.7 Å². The van der Waals surface area contributed by atoms with Crippen molar-refractivity contribution in [1.82, 2.24) is 4.90 Å². The third-order valence-corrected chi connectivity index (χ3v) is 4.58. The Morgan fingerprint density at radius 2 is 1.76 bits per heavy atom. The van der Waals surface area contributed by atoms with E-state index in [1.54, 1.807) is 12.1 Å². The van der Waals surface area contributed by atoms with Gasteiger partial charge in [-0.3, -0.25) is 4.79 Å². The van der Waals surface area contributed by atoms with Crippen molar-refractivity contribution < 1.29 is 18.3 Å². The van der Waals surface area contributed by atoms with Crippen molar-refractivity contribution in [3.05, 3.63) is 65.7 Å². The minimum absolute atomic E-state index is 0.0468. The summed E-state index contributed by atoms with van der Waals surface area (Å²) in [5.41, 5.74) is 0.522. The molecule has 0 atom stereocenters. The van der Waals surface area contributed by atoms with Crippen LogP contribution in [0.25, 0.3) is 0 Å². The number of ether oxygens (including phenoxy) is 1. The first kappa shape index (κ1) is 17.4. The highest BCUT2D eigenvalue weighted by Crippen LogP contribution is 2.22. The molecule has 0 spiro atoms. The van der Waals surface area contributed by atoms with E-state index in [2.05, 4.69) is 0 Å². The van der Waals surface area contributed by atoms with E-state index in [0.717, 1.165) is 19.3 Å². The van der Waals surface area contributed by atoms with Crippen molar-refractivity contribution in [1.29, 1.82) is 0 Å². The summed E-state index contributed by atoms with van der Waals surface area (Å²) in [6.07, 6.45) is 2.72. The molecule has 0 aromatic heterocycles. The monoisotopic (exact) mass is 345 g/mol. The molecule has 0 N–H and O–H groups in total. The van der Waals surface area contributed by atoms with Gasteiger partial charge in [0.15, 0.2) is 0 Å². The van der Waals surface area contributed by atoms with Gasteiger partial charge in [0.2, 0.25) is 0 Å². The standard InChI is InChI=1S/C20H21F2NO2/c21-17-6-4-16(5-7-17)20(24)23-11-8-15(9-12-23)10-13-25-19-3-1-2-18(22)14-19/h1-7,14-15H,8-13H2. The molecule has 1 aliphatic rings. The number of rotatable bonds is 5. The van der Waals surface area contributed by atoms with Crippen LogP contribution < -0.4 is 4.74 Å². The molecule has 0 aliphatic carbocycles. The number of hydrogen-bond acceptors (Lipinski definition) is 2. The lowest BCUT2D eigenvalue weighted by Gasteiger charge is -2.32. The molecule has 3 rings (SSSR count). The van der Waals surface area contributed by atoms with Crippen LogP contribution in [-0.4, -0.2) is 30.5 Å². The van der Waals surface area contributed by atoms with Gasteiger partial charge in [-0.2, -0.15) is 0 Å². The summed E-state index contributed by atoms with van der Waals surface area (Å²) < 4.78 is 31.6. The molecule has 0 radical (unpaired) electrons. The zero-order valence-electron chi connectivity index (χ0n) is 14.0. The molecule has 1 amide bonds. The van der Waals surface area contributed by atoms with Gasteiger partial charge in [0, 0.05) is 24.7 Å². The lowest BCUT2D eigenvalue weighted by atomic mass is 9.93. The van der Waals surface area contributed by atoms with Crippen LogP contribution in [0.5, 0.6) is 5.75 Å². The Kier molecular flexibility index (Phi) is 5.64. The molecule has 3 nitrogen and oxygen atoms in total.